The summed E-state index contributed by atoms with van der Waals surface area (Å²) in [5.74, 6) is 1.21. The Bertz CT molecular complexity index is 885. The zero-order valence-electron chi connectivity index (χ0n) is 14.4. The summed E-state index contributed by atoms with van der Waals surface area (Å²) < 4.78 is 18.6. The molecule has 0 spiro atoms. The van der Waals surface area contributed by atoms with Gasteiger partial charge < -0.3 is 9.64 Å². The van der Waals surface area contributed by atoms with Gasteiger partial charge in [-0.3, -0.25) is 4.79 Å². The Morgan fingerprint density at radius 1 is 1.27 bits per heavy atom. The maximum absolute atomic E-state index is 13.1. The van der Waals surface area contributed by atoms with Crippen molar-refractivity contribution in [3.8, 4) is 12.3 Å². The zero-order chi connectivity index (χ0) is 18.7. The van der Waals surface area contributed by atoms with Crippen molar-refractivity contribution < 1.29 is 18.7 Å². The fourth-order valence-corrected chi connectivity index (χ4v) is 3.11. The summed E-state index contributed by atoms with van der Waals surface area (Å²) in [5.41, 5.74) is 0.644. The number of ether oxygens (including phenoxy) is 1. The summed E-state index contributed by atoms with van der Waals surface area (Å²) >= 11 is 0. The molecular weight excluding hydrogens is 333 g/mol. The monoisotopic (exact) mass is 351 g/mol. The van der Waals surface area contributed by atoms with Crippen LogP contribution in [0.2, 0.25) is 0 Å². The van der Waals surface area contributed by atoms with Gasteiger partial charge in [-0.1, -0.05) is 36.3 Å². The van der Waals surface area contributed by atoms with Crippen LogP contribution < -0.4 is 0 Å². The molecule has 0 radical (unpaired) electrons. The van der Waals surface area contributed by atoms with Crippen molar-refractivity contribution in [3.05, 3.63) is 71.0 Å². The lowest BCUT2D eigenvalue weighted by Crippen LogP contribution is -2.53. The Labute approximate surface area is 151 Å². The second-order valence-corrected chi connectivity index (χ2v) is 6.45. The van der Waals surface area contributed by atoms with E-state index in [0.29, 0.717) is 5.56 Å². The highest BCUT2D eigenvalue weighted by Gasteiger charge is 2.44. The normalized spacial score (nSPS) is 18.4. The molecule has 1 amide bonds. The molecular formula is C21H18FNO3. The first-order chi connectivity index (χ1) is 12.4. The molecule has 0 N–H and O–H groups in total. The summed E-state index contributed by atoms with van der Waals surface area (Å²) in [6.07, 6.45) is 5.69. The van der Waals surface area contributed by atoms with Gasteiger partial charge in [0.1, 0.15) is 5.82 Å². The van der Waals surface area contributed by atoms with E-state index in [4.69, 9.17) is 11.2 Å². The number of amides is 1. The average Bonchev–Trinajstić information content (AvgIpc) is 2.62. The summed E-state index contributed by atoms with van der Waals surface area (Å²) in [4.78, 5) is 26.9. The number of fused-ring (bicyclic) bond motifs is 1. The van der Waals surface area contributed by atoms with Gasteiger partial charge in [-0.2, -0.15) is 0 Å². The van der Waals surface area contributed by atoms with E-state index in [1.54, 1.807) is 31.2 Å². The molecule has 0 bridgehead atoms. The largest absolute Gasteiger partial charge is 0.445 e. The van der Waals surface area contributed by atoms with Crippen molar-refractivity contribution in [1.82, 2.24) is 4.90 Å². The molecule has 4 nitrogen and oxygen atoms in total. The van der Waals surface area contributed by atoms with Crippen LogP contribution in [0.3, 0.4) is 0 Å². The number of esters is 1. The summed E-state index contributed by atoms with van der Waals surface area (Å²) in [6, 6.07) is 12.9. The highest BCUT2D eigenvalue weighted by Crippen LogP contribution is 2.30. The van der Waals surface area contributed by atoms with Gasteiger partial charge in [0.05, 0.1) is 12.1 Å². The van der Waals surface area contributed by atoms with Crippen LogP contribution in [0.5, 0.6) is 0 Å². The Balaban J connectivity index is 1.86. The molecule has 0 aliphatic carbocycles. The van der Waals surface area contributed by atoms with E-state index < -0.39 is 11.6 Å². The number of rotatable bonds is 4. The van der Waals surface area contributed by atoms with Crippen LogP contribution in [0.4, 0.5) is 4.39 Å². The van der Waals surface area contributed by atoms with Gasteiger partial charge in [-0.25, -0.2) is 9.18 Å². The number of cyclic esters (lactones) is 1. The molecule has 1 aliphatic rings. The minimum absolute atomic E-state index is 0.0605. The molecule has 3 rings (SSSR count). The third-order valence-corrected chi connectivity index (χ3v) is 4.39. The van der Waals surface area contributed by atoms with Crippen LogP contribution in [-0.4, -0.2) is 28.9 Å². The first kappa shape index (κ1) is 17.7. The van der Waals surface area contributed by atoms with Crippen LogP contribution in [0.15, 0.2) is 48.5 Å². The molecule has 0 saturated heterocycles. The number of carbonyl (C=O) groups is 2. The standard InChI is InChI=1S/C21H18FNO3/c1-3-12-23(14-15-8-10-17(22)11-9-15)20(25)21(2)13-16-6-4-5-7-18(16)19(24)26-21/h1,4-11H,12-14H2,2H3. The molecule has 132 valence electrons. The zero-order valence-corrected chi connectivity index (χ0v) is 14.4. The number of halogens is 1. The molecule has 1 unspecified atom stereocenters. The number of hydrogen-bond acceptors (Lipinski definition) is 3. The van der Waals surface area contributed by atoms with Crippen molar-refractivity contribution >= 4 is 11.9 Å². The predicted octanol–water partition coefficient (Wildman–Crippen LogP) is 2.96. The van der Waals surface area contributed by atoms with E-state index >= 15 is 0 Å². The fourth-order valence-electron chi connectivity index (χ4n) is 3.11. The van der Waals surface area contributed by atoms with Gasteiger partial charge in [0.15, 0.2) is 5.60 Å². The Hall–Kier alpha value is -3.13. The maximum atomic E-state index is 13.1. The van der Waals surface area contributed by atoms with Gasteiger partial charge in [-0.05, 0) is 36.2 Å². The van der Waals surface area contributed by atoms with Crippen molar-refractivity contribution in [3.63, 3.8) is 0 Å². The van der Waals surface area contributed by atoms with Gasteiger partial charge >= 0.3 is 5.97 Å². The molecule has 1 aliphatic heterocycles. The second kappa shape index (κ2) is 7.01. The maximum Gasteiger partial charge on any atom is 0.339 e. The van der Waals surface area contributed by atoms with E-state index in [1.807, 2.05) is 12.1 Å². The Kier molecular flexibility index (Phi) is 4.77. The van der Waals surface area contributed by atoms with Crippen LogP contribution in [0, 0.1) is 18.2 Å². The fraction of sp³-hybridized carbons (Fsp3) is 0.238. The smallest absolute Gasteiger partial charge is 0.339 e. The minimum atomic E-state index is -1.33. The van der Waals surface area contributed by atoms with Crippen molar-refractivity contribution in [2.24, 2.45) is 0 Å². The highest BCUT2D eigenvalue weighted by atomic mass is 19.1. The first-order valence-electron chi connectivity index (χ1n) is 8.21. The quantitative estimate of drug-likeness (QED) is 0.628. The minimum Gasteiger partial charge on any atom is -0.445 e. The lowest BCUT2D eigenvalue weighted by molar-refractivity contribution is -0.151. The Morgan fingerprint density at radius 2 is 1.96 bits per heavy atom. The molecule has 0 fully saturated rings. The molecule has 0 saturated carbocycles. The first-order valence-corrected chi connectivity index (χ1v) is 8.21. The molecule has 5 heteroatoms. The topological polar surface area (TPSA) is 46.6 Å². The van der Waals surface area contributed by atoms with Gasteiger partial charge in [0.25, 0.3) is 5.91 Å². The number of nitrogens with zero attached hydrogens (tertiary/aromatic N) is 1. The molecule has 2 aromatic rings. The van der Waals surface area contributed by atoms with Gasteiger partial charge in [-0.15, -0.1) is 6.42 Å². The second-order valence-electron chi connectivity index (χ2n) is 6.45. The van der Waals surface area contributed by atoms with Crippen LogP contribution in [0.1, 0.15) is 28.4 Å². The third kappa shape index (κ3) is 3.45. The van der Waals surface area contributed by atoms with Crippen molar-refractivity contribution in [2.45, 2.75) is 25.5 Å². The van der Waals surface area contributed by atoms with E-state index in [1.165, 1.54) is 17.0 Å². The molecule has 1 atom stereocenters. The molecule has 1 heterocycles. The summed E-state index contributed by atoms with van der Waals surface area (Å²) in [7, 11) is 0. The van der Waals surface area contributed by atoms with Crippen LogP contribution in [0.25, 0.3) is 0 Å². The van der Waals surface area contributed by atoms with Crippen LogP contribution >= 0.6 is 0 Å². The van der Waals surface area contributed by atoms with Gasteiger partial charge in [0, 0.05) is 13.0 Å². The van der Waals surface area contributed by atoms with E-state index in [-0.39, 0.29) is 31.2 Å². The number of carbonyl (C=O) groups excluding carboxylic acids is 2. The third-order valence-electron chi connectivity index (χ3n) is 4.39. The van der Waals surface area contributed by atoms with E-state index in [9.17, 15) is 14.0 Å². The van der Waals surface area contributed by atoms with Crippen molar-refractivity contribution in [1.29, 1.82) is 0 Å². The number of benzene rings is 2. The van der Waals surface area contributed by atoms with E-state index in [0.717, 1.165) is 11.1 Å². The summed E-state index contributed by atoms with van der Waals surface area (Å²) in [6.45, 7) is 1.86. The Morgan fingerprint density at radius 3 is 2.65 bits per heavy atom. The summed E-state index contributed by atoms with van der Waals surface area (Å²) in [5, 5.41) is 0. The molecule has 26 heavy (non-hydrogen) atoms. The average molecular weight is 351 g/mol. The van der Waals surface area contributed by atoms with E-state index in [2.05, 4.69) is 5.92 Å². The lowest BCUT2D eigenvalue weighted by atomic mass is 9.88. The molecule has 0 aromatic heterocycles. The van der Waals surface area contributed by atoms with Crippen LogP contribution in [-0.2, 0) is 22.5 Å². The van der Waals surface area contributed by atoms with Crippen molar-refractivity contribution in [2.75, 3.05) is 6.54 Å². The SMILES string of the molecule is C#CCN(Cc1ccc(F)cc1)C(=O)C1(C)Cc2ccccc2C(=O)O1. The predicted molar refractivity (Wildman–Crippen MR) is 94.6 cm³/mol. The highest BCUT2D eigenvalue weighted by molar-refractivity contribution is 5.97. The number of hydrogen-bond donors (Lipinski definition) is 0. The van der Waals surface area contributed by atoms with Gasteiger partial charge in [0.2, 0.25) is 0 Å². The number of terminal acetylenes is 1. The molecule has 2 aromatic carbocycles. The lowest BCUT2D eigenvalue weighted by Gasteiger charge is -2.36.